The van der Waals surface area contributed by atoms with Gasteiger partial charge >= 0.3 is 5.97 Å². The van der Waals surface area contributed by atoms with Gasteiger partial charge in [-0.2, -0.15) is 5.10 Å². The number of carbonyl (C=O) groups excluding carboxylic acids is 2. The van der Waals surface area contributed by atoms with E-state index >= 15 is 0 Å². The molecular weight excluding hydrogens is 324 g/mol. The van der Waals surface area contributed by atoms with E-state index in [1.165, 1.54) is 22.6 Å². The molecule has 9 heteroatoms. The Morgan fingerprint density at radius 3 is 2.91 bits per heavy atom. The van der Waals surface area contributed by atoms with Gasteiger partial charge in [0.25, 0.3) is 0 Å². The second-order valence-corrected chi connectivity index (χ2v) is 7.56. The zero-order chi connectivity index (χ0) is 16.3. The third-order valence-corrected chi connectivity index (χ3v) is 4.18. The van der Waals surface area contributed by atoms with Gasteiger partial charge in [0.15, 0.2) is 6.73 Å². The highest BCUT2D eigenvalue weighted by Crippen LogP contribution is 2.17. The number of aromatic nitrogens is 2. The molecule has 0 unspecified atom stereocenters. The fraction of sp³-hybridized carbons (Fsp3) is 0.538. The van der Waals surface area contributed by atoms with Gasteiger partial charge < -0.3 is 15.4 Å². The lowest BCUT2D eigenvalue weighted by Gasteiger charge is -2.16. The van der Waals surface area contributed by atoms with Crippen molar-refractivity contribution in [2.45, 2.75) is 33.5 Å². The molecule has 0 saturated carbocycles. The average Bonchev–Trinajstić information content (AvgIpc) is 3.04. The highest BCUT2D eigenvalue weighted by Gasteiger charge is 2.26. The van der Waals surface area contributed by atoms with Crippen molar-refractivity contribution in [1.29, 1.82) is 0 Å². The van der Waals surface area contributed by atoms with Gasteiger partial charge in [-0.15, -0.1) is 0 Å². The molecule has 1 aliphatic rings. The van der Waals surface area contributed by atoms with Gasteiger partial charge in [-0.05, 0) is 20.8 Å². The van der Waals surface area contributed by atoms with Crippen LogP contribution in [0, 0.1) is 5.41 Å². The van der Waals surface area contributed by atoms with Crippen LogP contribution in [0.2, 0.25) is 0 Å². The summed E-state index contributed by atoms with van der Waals surface area (Å²) in [5, 5.41) is 9.71. The number of carbonyl (C=O) groups is 2. The molecule has 1 aromatic rings. The molecule has 1 aromatic heterocycles. The molecule has 7 nitrogen and oxygen atoms in total. The maximum absolute atomic E-state index is 12.0. The van der Waals surface area contributed by atoms with Gasteiger partial charge in [0, 0.05) is 5.75 Å². The lowest BCUT2D eigenvalue weighted by molar-refractivity contribution is -0.157. The largest absolute Gasteiger partial charge is 0.442 e. The van der Waals surface area contributed by atoms with Crippen LogP contribution in [0.3, 0.4) is 0 Å². The summed E-state index contributed by atoms with van der Waals surface area (Å²) in [6.45, 7) is 5.34. The maximum Gasteiger partial charge on any atom is 0.313 e. The Kier molecular flexibility index (Phi) is 5.07. The van der Waals surface area contributed by atoms with E-state index in [1.54, 1.807) is 27.0 Å². The molecule has 120 valence electrons. The van der Waals surface area contributed by atoms with Crippen molar-refractivity contribution in [3.63, 3.8) is 0 Å². The molecule has 2 N–H and O–H groups in total. The van der Waals surface area contributed by atoms with Gasteiger partial charge in [-0.25, -0.2) is 4.68 Å². The van der Waals surface area contributed by atoms with Gasteiger partial charge in [0.05, 0.1) is 23.5 Å². The first kappa shape index (κ1) is 16.8. The average molecular weight is 342 g/mol. The highest BCUT2D eigenvalue weighted by atomic mass is 32.2. The van der Waals surface area contributed by atoms with Crippen molar-refractivity contribution in [3.8, 4) is 0 Å². The summed E-state index contributed by atoms with van der Waals surface area (Å²) in [5.74, 6) is 0.134. The van der Waals surface area contributed by atoms with Crippen molar-refractivity contribution >= 4 is 45.9 Å². The van der Waals surface area contributed by atoms with Crippen LogP contribution in [0.5, 0.6) is 0 Å². The SMILES string of the molecule is CC(C)(C)C(=O)OCn1cc(NC(=O)[C@@H]2CSC(=S)N2)cn1. The molecule has 1 atom stereocenters. The van der Waals surface area contributed by atoms with E-state index in [9.17, 15) is 9.59 Å². The van der Waals surface area contributed by atoms with E-state index in [0.29, 0.717) is 15.8 Å². The van der Waals surface area contributed by atoms with Crippen LogP contribution in [-0.4, -0.2) is 37.8 Å². The number of nitrogens with one attached hydrogen (secondary N) is 2. The number of thiocarbonyl (C=S) groups is 1. The zero-order valence-corrected chi connectivity index (χ0v) is 14.2. The quantitative estimate of drug-likeness (QED) is 0.631. The van der Waals surface area contributed by atoms with Crippen LogP contribution in [0.15, 0.2) is 12.4 Å². The molecule has 22 heavy (non-hydrogen) atoms. The Bertz CT molecular complexity index is 594. The Morgan fingerprint density at radius 2 is 2.32 bits per heavy atom. The molecule has 1 aliphatic heterocycles. The summed E-state index contributed by atoms with van der Waals surface area (Å²) in [4.78, 5) is 23.7. The monoisotopic (exact) mass is 342 g/mol. The van der Waals surface area contributed by atoms with Crippen molar-refractivity contribution in [2.75, 3.05) is 11.1 Å². The normalized spacial score (nSPS) is 18.0. The standard InChI is InChI=1S/C13H18N4O3S2/c1-13(2,3)11(19)20-7-17-5-8(4-14-17)15-10(18)9-6-22-12(21)16-9/h4-5,9H,6-7H2,1-3H3,(H,15,18)(H,16,21)/t9-/m0/s1. The first-order valence-electron chi connectivity index (χ1n) is 6.69. The lowest BCUT2D eigenvalue weighted by Crippen LogP contribution is -2.38. The number of ether oxygens (including phenoxy) is 1. The Morgan fingerprint density at radius 1 is 1.59 bits per heavy atom. The predicted octanol–water partition coefficient (Wildman–Crippen LogP) is 1.36. The second kappa shape index (κ2) is 6.66. The molecule has 1 amide bonds. The number of hydrogen-bond donors (Lipinski definition) is 2. The number of rotatable bonds is 4. The lowest BCUT2D eigenvalue weighted by atomic mass is 9.98. The van der Waals surface area contributed by atoms with Crippen LogP contribution in [-0.2, 0) is 21.1 Å². The molecule has 0 aromatic carbocycles. The van der Waals surface area contributed by atoms with Crippen molar-refractivity contribution < 1.29 is 14.3 Å². The number of amides is 1. The summed E-state index contributed by atoms with van der Waals surface area (Å²) in [6, 6.07) is -0.334. The van der Waals surface area contributed by atoms with E-state index in [2.05, 4.69) is 15.7 Å². The maximum atomic E-state index is 12.0. The zero-order valence-electron chi connectivity index (χ0n) is 12.6. The van der Waals surface area contributed by atoms with Crippen LogP contribution < -0.4 is 10.6 Å². The molecule has 1 saturated heterocycles. The number of nitrogens with zero attached hydrogens (tertiary/aromatic N) is 2. The minimum Gasteiger partial charge on any atom is -0.442 e. The molecule has 2 rings (SSSR count). The first-order chi connectivity index (χ1) is 10.3. The van der Waals surface area contributed by atoms with E-state index in [0.717, 1.165) is 0 Å². The number of hydrogen-bond acceptors (Lipinski definition) is 6. The molecule has 2 heterocycles. The minimum absolute atomic E-state index is 0.00753. The third-order valence-electron chi connectivity index (χ3n) is 2.83. The van der Waals surface area contributed by atoms with Crippen LogP contribution in [0.25, 0.3) is 0 Å². The Labute approximate surface area is 138 Å². The minimum atomic E-state index is -0.561. The summed E-state index contributed by atoms with van der Waals surface area (Å²) in [6.07, 6.45) is 3.11. The Hall–Kier alpha value is -1.61. The second-order valence-electron chi connectivity index (χ2n) is 5.86. The molecule has 0 radical (unpaired) electrons. The number of esters is 1. The topological polar surface area (TPSA) is 85.2 Å². The predicted molar refractivity (Wildman–Crippen MR) is 88.4 cm³/mol. The number of thioether (sulfide) groups is 1. The van der Waals surface area contributed by atoms with Gasteiger partial charge in [-0.3, -0.25) is 9.59 Å². The highest BCUT2D eigenvalue weighted by molar-refractivity contribution is 8.23. The molecule has 0 bridgehead atoms. The van der Waals surface area contributed by atoms with E-state index in [-0.39, 0.29) is 24.6 Å². The van der Waals surface area contributed by atoms with Gasteiger partial charge in [0.1, 0.15) is 10.4 Å². The van der Waals surface area contributed by atoms with Crippen LogP contribution in [0.4, 0.5) is 5.69 Å². The molecular formula is C13H18N4O3S2. The fourth-order valence-corrected chi connectivity index (χ4v) is 2.72. The summed E-state index contributed by atoms with van der Waals surface area (Å²) in [7, 11) is 0. The summed E-state index contributed by atoms with van der Waals surface area (Å²) in [5.41, 5.74) is -0.0181. The van der Waals surface area contributed by atoms with E-state index in [4.69, 9.17) is 17.0 Å². The van der Waals surface area contributed by atoms with E-state index < -0.39 is 5.41 Å². The third kappa shape index (κ3) is 4.44. The van der Waals surface area contributed by atoms with Gasteiger partial charge in [0.2, 0.25) is 5.91 Å². The summed E-state index contributed by atoms with van der Waals surface area (Å²) >= 11 is 6.42. The Balaban J connectivity index is 1.85. The van der Waals surface area contributed by atoms with Crippen molar-refractivity contribution in [1.82, 2.24) is 15.1 Å². The number of anilines is 1. The molecule has 0 spiro atoms. The van der Waals surface area contributed by atoms with Gasteiger partial charge in [-0.1, -0.05) is 24.0 Å². The summed E-state index contributed by atoms with van der Waals surface area (Å²) < 4.78 is 7.22. The van der Waals surface area contributed by atoms with Crippen molar-refractivity contribution in [2.24, 2.45) is 5.41 Å². The van der Waals surface area contributed by atoms with E-state index in [1.807, 2.05) is 0 Å². The first-order valence-corrected chi connectivity index (χ1v) is 8.09. The van der Waals surface area contributed by atoms with Crippen LogP contribution in [0.1, 0.15) is 20.8 Å². The molecule has 1 fully saturated rings. The molecule has 0 aliphatic carbocycles. The van der Waals surface area contributed by atoms with Crippen LogP contribution >= 0.6 is 24.0 Å². The van der Waals surface area contributed by atoms with Crippen molar-refractivity contribution in [3.05, 3.63) is 12.4 Å². The smallest absolute Gasteiger partial charge is 0.313 e. The fourth-order valence-electron chi connectivity index (χ4n) is 1.60.